The van der Waals surface area contributed by atoms with E-state index in [1.807, 2.05) is 55.5 Å². The average molecular weight is 630 g/mol. The largest absolute Gasteiger partial charge is 0.461 e. The maximum absolute atomic E-state index is 11.6. The van der Waals surface area contributed by atoms with Gasteiger partial charge in [-0.2, -0.15) is 0 Å². The van der Waals surface area contributed by atoms with Crippen LogP contribution in [0.5, 0.6) is 0 Å². The van der Waals surface area contributed by atoms with E-state index in [4.69, 9.17) is 14.2 Å². The zero-order valence-electron chi connectivity index (χ0n) is 28.5. The Balaban J connectivity index is 0.000000754. The molecule has 0 atom stereocenters. The van der Waals surface area contributed by atoms with Crippen LogP contribution in [0.1, 0.15) is 56.4 Å². The molecule has 0 fully saturated rings. The van der Waals surface area contributed by atoms with Crippen molar-refractivity contribution in [3.8, 4) is 0 Å². The van der Waals surface area contributed by atoms with Crippen LogP contribution in [0.2, 0.25) is 0 Å². The number of rotatable bonds is 15. The summed E-state index contributed by atoms with van der Waals surface area (Å²) in [6, 6.07) is 16.3. The quantitative estimate of drug-likeness (QED) is 0.112. The Labute approximate surface area is 276 Å². The highest BCUT2D eigenvalue weighted by atomic mass is 16.6. The van der Waals surface area contributed by atoms with Gasteiger partial charge < -0.3 is 19.1 Å². The van der Waals surface area contributed by atoms with Crippen LogP contribution in [0.3, 0.4) is 0 Å². The minimum Gasteiger partial charge on any atom is -0.461 e. The zero-order chi connectivity index (χ0) is 35.3. The number of hydrogen-bond donors (Lipinski definition) is 0. The van der Waals surface area contributed by atoms with Crippen molar-refractivity contribution in [3.05, 3.63) is 127 Å². The SMILES string of the molecule is C=C(C)C(=O)OCC(CC)(COC(=O)C(=C)C)COC(=O)C(=C)C.C=Cc1ccccc1C=C.C=Cc1ccccc1CN(C)C. The topological polar surface area (TPSA) is 82.1 Å². The highest BCUT2D eigenvalue weighted by Gasteiger charge is 2.34. The van der Waals surface area contributed by atoms with Crippen molar-refractivity contribution in [2.75, 3.05) is 33.9 Å². The van der Waals surface area contributed by atoms with Crippen LogP contribution in [0.4, 0.5) is 0 Å². The second-order valence-corrected chi connectivity index (χ2v) is 11.1. The lowest BCUT2D eigenvalue weighted by atomic mass is 9.88. The summed E-state index contributed by atoms with van der Waals surface area (Å²) in [6.45, 7) is 28.8. The standard InChI is InChI=1S/C18H26O6.C11H15N.C10H10/c1-8-18(9-22-15(19)12(2)3,10-23-16(20)13(4)5)11-24-17(21)14(6)7;1-4-10-7-5-6-8-11(10)9-12(2)3;1-3-9-7-5-6-8-10(9)4-2/h2,4,6,8-11H2,1,3,5,7H3;4-8H,1,9H2,2-3H3;3-8H,1-2H2. The van der Waals surface area contributed by atoms with Crippen LogP contribution < -0.4 is 0 Å². The predicted molar refractivity (Wildman–Crippen MR) is 191 cm³/mol. The molecular weight excluding hydrogens is 578 g/mol. The lowest BCUT2D eigenvalue weighted by Crippen LogP contribution is -2.39. The van der Waals surface area contributed by atoms with Gasteiger partial charge in [0, 0.05) is 23.3 Å². The van der Waals surface area contributed by atoms with Gasteiger partial charge in [-0.1, -0.05) is 113 Å². The number of carbonyl (C=O) groups is 3. The van der Waals surface area contributed by atoms with Crippen molar-refractivity contribution in [2.24, 2.45) is 5.41 Å². The van der Waals surface area contributed by atoms with Crippen LogP contribution in [0, 0.1) is 5.41 Å². The number of esters is 3. The third kappa shape index (κ3) is 15.8. The van der Waals surface area contributed by atoms with Crippen LogP contribution in [-0.2, 0) is 35.1 Å². The summed E-state index contributed by atoms with van der Waals surface area (Å²) in [7, 11) is 4.14. The minimum absolute atomic E-state index is 0.0812. The molecule has 7 heteroatoms. The average Bonchev–Trinajstić information content (AvgIpc) is 3.04. The van der Waals surface area contributed by atoms with Crippen molar-refractivity contribution in [3.63, 3.8) is 0 Å². The molecule has 7 nitrogen and oxygen atoms in total. The van der Waals surface area contributed by atoms with Crippen LogP contribution in [0.15, 0.2) is 105 Å². The van der Waals surface area contributed by atoms with Crippen LogP contribution >= 0.6 is 0 Å². The molecule has 0 aliphatic heterocycles. The Hall–Kier alpha value is -4.75. The molecule has 0 amide bonds. The fraction of sp³-hybridized carbons (Fsp3) is 0.308. The summed E-state index contributed by atoms with van der Waals surface area (Å²) in [5, 5.41) is 0. The van der Waals surface area contributed by atoms with E-state index < -0.39 is 23.3 Å². The molecule has 0 N–H and O–H groups in total. The van der Waals surface area contributed by atoms with Gasteiger partial charge in [0.1, 0.15) is 19.8 Å². The van der Waals surface area contributed by atoms with Crippen molar-refractivity contribution in [2.45, 2.75) is 40.7 Å². The molecule has 0 spiro atoms. The predicted octanol–water partition coefficient (Wildman–Crippen LogP) is 8.10. The molecule has 2 rings (SSSR count). The molecular formula is C39H51NO6. The lowest BCUT2D eigenvalue weighted by Gasteiger charge is -2.31. The Morgan fingerprint density at radius 1 is 0.652 bits per heavy atom. The van der Waals surface area contributed by atoms with Gasteiger partial charge in [0.25, 0.3) is 0 Å². The van der Waals surface area contributed by atoms with Crippen molar-refractivity contribution >= 4 is 36.1 Å². The van der Waals surface area contributed by atoms with E-state index in [9.17, 15) is 14.4 Å². The van der Waals surface area contributed by atoms with Crippen molar-refractivity contribution in [1.29, 1.82) is 0 Å². The Bertz CT molecular complexity index is 1280. The molecule has 2 aromatic rings. The molecule has 0 aliphatic carbocycles. The molecule has 0 heterocycles. The third-order valence-electron chi connectivity index (χ3n) is 6.52. The second kappa shape index (κ2) is 21.9. The molecule has 0 saturated carbocycles. The first kappa shape index (κ1) is 41.2. The van der Waals surface area contributed by atoms with E-state index >= 15 is 0 Å². The van der Waals surface area contributed by atoms with Gasteiger partial charge in [0.2, 0.25) is 0 Å². The van der Waals surface area contributed by atoms with E-state index in [2.05, 4.69) is 76.7 Å². The van der Waals surface area contributed by atoms with Gasteiger partial charge in [-0.25, -0.2) is 14.4 Å². The lowest BCUT2D eigenvalue weighted by molar-refractivity contribution is -0.157. The van der Waals surface area contributed by atoms with Crippen LogP contribution in [0.25, 0.3) is 18.2 Å². The fourth-order valence-electron chi connectivity index (χ4n) is 3.56. The monoisotopic (exact) mass is 629 g/mol. The number of carbonyl (C=O) groups excluding carboxylic acids is 3. The fourth-order valence-corrected chi connectivity index (χ4v) is 3.56. The molecule has 0 radical (unpaired) electrons. The molecule has 2 aromatic carbocycles. The summed E-state index contributed by atoms with van der Waals surface area (Å²) >= 11 is 0. The Morgan fingerprint density at radius 2 is 0.978 bits per heavy atom. The summed E-state index contributed by atoms with van der Waals surface area (Å²) < 4.78 is 15.5. The van der Waals surface area contributed by atoms with E-state index in [0.29, 0.717) is 6.42 Å². The van der Waals surface area contributed by atoms with Gasteiger partial charge in [-0.3, -0.25) is 0 Å². The summed E-state index contributed by atoms with van der Waals surface area (Å²) in [5.74, 6) is -1.69. The van der Waals surface area contributed by atoms with Gasteiger partial charge in [0.05, 0.1) is 5.41 Å². The highest BCUT2D eigenvalue weighted by Crippen LogP contribution is 2.25. The summed E-state index contributed by atoms with van der Waals surface area (Å²) in [5.41, 5.74) is 4.72. The number of benzene rings is 2. The maximum atomic E-state index is 11.6. The third-order valence-corrected chi connectivity index (χ3v) is 6.52. The highest BCUT2D eigenvalue weighted by molar-refractivity contribution is 5.88. The van der Waals surface area contributed by atoms with Gasteiger partial charge in [0.15, 0.2) is 0 Å². The van der Waals surface area contributed by atoms with Crippen LogP contribution in [-0.4, -0.2) is 56.7 Å². The Morgan fingerprint density at radius 3 is 1.26 bits per heavy atom. The minimum atomic E-state index is -0.860. The maximum Gasteiger partial charge on any atom is 0.333 e. The smallest absolute Gasteiger partial charge is 0.333 e. The van der Waals surface area contributed by atoms with E-state index in [-0.39, 0.29) is 36.5 Å². The van der Waals surface area contributed by atoms with Gasteiger partial charge in [-0.05, 0) is 63.5 Å². The first-order valence-electron chi connectivity index (χ1n) is 14.8. The zero-order valence-corrected chi connectivity index (χ0v) is 28.5. The normalized spacial score (nSPS) is 10.1. The molecule has 248 valence electrons. The van der Waals surface area contributed by atoms with E-state index in [1.54, 1.807) is 0 Å². The number of nitrogens with zero attached hydrogens (tertiary/aromatic N) is 1. The van der Waals surface area contributed by atoms with Crippen molar-refractivity contribution < 1.29 is 28.6 Å². The van der Waals surface area contributed by atoms with E-state index in [1.165, 1.54) is 31.9 Å². The first-order chi connectivity index (χ1) is 21.7. The van der Waals surface area contributed by atoms with E-state index in [0.717, 1.165) is 17.7 Å². The molecule has 0 aromatic heterocycles. The molecule has 0 unspecified atom stereocenters. The second-order valence-electron chi connectivity index (χ2n) is 11.1. The van der Waals surface area contributed by atoms with Crippen molar-refractivity contribution in [1.82, 2.24) is 4.90 Å². The summed E-state index contributed by atoms with van der Waals surface area (Å²) in [6.07, 6.45) is 6.01. The molecule has 0 saturated heterocycles. The first-order valence-corrected chi connectivity index (χ1v) is 14.8. The Kier molecular flexibility index (Phi) is 19.6. The number of ether oxygens (including phenoxy) is 3. The summed E-state index contributed by atoms with van der Waals surface area (Å²) in [4.78, 5) is 37.1. The number of hydrogen-bond acceptors (Lipinski definition) is 7. The molecule has 0 bridgehead atoms. The van der Waals surface area contributed by atoms with Gasteiger partial charge >= 0.3 is 17.9 Å². The van der Waals surface area contributed by atoms with Gasteiger partial charge in [-0.15, -0.1) is 0 Å². The molecule has 0 aliphatic rings. The molecule has 46 heavy (non-hydrogen) atoms.